The summed E-state index contributed by atoms with van der Waals surface area (Å²) in [4.78, 5) is 34.8. The summed E-state index contributed by atoms with van der Waals surface area (Å²) in [7, 11) is 1.60. The van der Waals surface area contributed by atoms with E-state index < -0.39 is 5.97 Å². The van der Waals surface area contributed by atoms with Gasteiger partial charge in [0, 0.05) is 20.0 Å². The number of nitrogens with one attached hydrogen (secondary N) is 2. The van der Waals surface area contributed by atoms with Crippen molar-refractivity contribution in [1.82, 2.24) is 10.6 Å². The minimum atomic E-state index is -0.578. The van der Waals surface area contributed by atoms with Crippen LogP contribution in [0.4, 0.5) is 0 Å². The summed E-state index contributed by atoms with van der Waals surface area (Å²) in [6.07, 6.45) is 0.611. The van der Waals surface area contributed by atoms with Crippen LogP contribution in [0.5, 0.6) is 5.75 Å². The van der Waals surface area contributed by atoms with Crippen molar-refractivity contribution >= 4 is 17.8 Å². The van der Waals surface area contributed by atoms with Gasteiger partial charge in [0.1, 0.15) is 5.75 Å². The van der Waals surface area contributed by atoms with Gasteiger partial charge in [-0.2, -0.15) is 0 Å². The second kappa shape index (κ2) is 10.7. The largest absolute Gasteiger partial charge is 0.496 e. The monoisotopic (exact) mass is 384 g/mol. The zero-order valence-electron chi connectivity index (χ0n) is 16.0. The molecule has 28 heavy (non-hydrogen) atoms. The van der Waals surface area contributed by atoms with Crippen LogP contribution in [0, 0.1) is 0 Å². The number of ether oxygens (including phenoxy) is 2. The number of amides is 2. The highest BCUT2D eigenvalue weighted by Gasteiger charge is 2.10. The molecule has 2 aromatic carbocycles. The Kier molecular flexibility index (Phi) is 8.02. The molecule has 2 amide bonds. The standard InChI is InChI=1S/C21H24N2O5/c1-15(24)23-13-16-7-9-18(10-8-16)21(26)28-14-20(25)22-12-11-17-5-3-4-6-19(17)27-2/h3-10H,11-14H2,1-2H3,(H,22,25)(H,23,24). The van der Waals surface area contributed by atoms with Gasteiger partial charge in [0.25, 0.3) is 5.91 Å². The predicted molar refractivity (Wildman–Crippen MR) is 104 cm³/mol. The molecule has 7 heteroatoms. The Labute approximate surface area is 164 Å². The van der Waals surface area contributed by atoms with Crippen molar-refractivity contribution in [3.8, 4) is 5.75 Å². The maximum atomic E-state index is 12.0. The van der Waals surface area contributed by atoms with Crippen molar-refractivity contribution in [3.63, 3.8) is 0 Å². The second-order valence-electron chi connectivity index (χ2n) is 6.09. The summed E-state index contributed by atoms with van der Waals surface area (Å²) >= 11 is 0. The molecule has 0 radical (unpaired) electrons. The highest BCUT2D eigenvalue weighted by molar-refractivity contribution is 5.91. The van der Waals surface area contributed by atoms with Crippen LogP contribution in [0.3, 0.4) is 0 Å². The van der Waals surface area contributed by atoms with Crippen LogP contribution >= 0.6 is 0 Å². The van der Waals surface area contributed by atoms with Gasteiger partial charge in [-0.3, -0.25) is 9.59 Å². The van der Waals surface area contributed by atoms with E-state index in [9.17, 15) is 14.4 Å². The molecule has 0 heterocycles. The molecule has 0 saturated carbocycles. The average molecular weight is 384 g/mol. The Morgan fingerprint density at radius 1 is 0.964 bits per heavy atom. The van der Waals surface area contributed by atoms with Crippen LogP contribution in [0.15, 0.2) is 48.5 Å². The molecule has 0 bridgehead atoms. The molecule has 2 rings (SSSR count). The van der Waals surface area contributed by atoms with E-state index in [1.165, 1.54) is 6.92 Å². The lowest BCUT2D eigenvalue weighted by Crippen LogP contribution is -2.30. The summed E-state index contributed by atoms with van der Waals surface area (Å²) < 4.78 is 10.3. The molecule has 2 N–H and O–H groups in total. The molecule has 0 atom stereocenters. The lowest BCUT2D eigenvalue weighted by Gasteiger charge is -2.09. The molecule has 0 unspecified atom stereocenters. The summed E-state index contributed by atoms with van der Waals surface area (Å²) in [6.45, 7) is 1.89. The fraction of sp³-hybridized carbons (Fsp3) is 0.286. The van der Waals surface area contributed by atoms with E-state index in [-0.39, 0.29) is 18.4 Å². The molecule has 0 saturated heterocycles. The van der Waals surface area contributed by atoms with E-state index in [1.807, 2.05) is 24.3 Å². The molecule has 0 aliphatic rings. The number of hydrogen-bond donors (Lipinski definition) is 2. The van der Waals surface area contributed by atoms with Gasteiger partial charge in [0.15, 0.2) is 6.61 Å². The Hall–Kier alpha value is -3.35. The van der Waals surface area contributed by atoms with Crippen molar-refractivity contribution in [1.29, 1.82) is 0 Å². The lowest BCUT2D eigenvalue weighted by atomic mass is 10.1. The van der Waals surface area contributed by atoms with Gasteiger partial charge in [-0.15, -0.1) is 0 Å². The Balaban J connectivity index is 1.73. The van der Waals surface area contributed by atoms with Crippen molar-refractivity contribution in [3.05, 3.63) is 65.2 Å². The van der Waals surface area contributed by atoms with Crippen molar-refractivity contribution in [2.45, 2.75) is 19.9 Å². The number of hydrogen-bond acceptors (Lipinski definition) is 5. The fourth-order valence-electron chi connectivity index (χ4n) is 2.50. The minimum Gasteiger partial charge on any atom is -0.496 e. The van der Waals surface area contributed by atoms with E-state index in [2.05, 4.69) is 10.6 Å². The molecular formula is C21H24N2O5. The van der Waals surface area contributed by atoms with Gasteiger partial charge >= 0.3 is 5.97 Å². The third-order valence-corrected chi connectivity index (χ3v) is 3.97. The topological polar surface area (TPSA) is 93.7 Å². The maximum absolute atomic E-state index is 12.0. The fourth-order valence-corrected chi connectivity index (χ4v) is 2.50. The van der Waals surface area contributed by atoms with Gasteiger partial charge in [-0.05, 0) is 35.7 Å². The Morgan fingerprint density at radius 3 is 2.36 bits per heavy atom. The van der Waals surface area contributed by atoms with Crippen molar-refractivity contribution in [2.24, 2.45) is 0 Å². The highest BCUT2D eigenvalue weighted by Crippen LogP contribution is 2.17. The normalized spacial score (nSPS) is 10.1. The molecule has 2 aromatic rings. The summed E-state index contributed by atoms with van der Waals surface area (Å²) in [5.41, 5.74) is 2.19. The molecule has 0 aliphatic carbocycles. The first-order valence-electron chi connectivity index (χ1n) is 8.88. The number of para-hydroxylation sites is 1. The number of esters is 1. The van der Waals surface area contributed by atoms with Crippen LogP contribution in [0.1, 0.15) is 28.4 Å². The summed E-state index contributed by atoms with van der Waals surface area (Å²) in [5, 5.41) is 5.39. The van der Waals surface area contributed by atoms with Gasteiger partial charge in [-0.1, -0.05) is 30.3 Å². The first-order chi connectivity index (χ1) is 13.5. The van der Waals surface area contributed by atoms with Gasteiger partial charge in [-0.25, -0.2) is 4.79 Å². The molecule has 0 fully saturated rings. The Bertz CT molecular complexity index is 818. The van der Waals surface area contributed by atoms with E-state index in [4.69, 9.17) is 9.47 Å². The lowest BCUT2D eigenvalue weighted by molar-refractivity contribution is -0.124. The first kappa shape index (κ1) is 21.0. The van der Waals surface area contributed by atoms with E-state index >= 15 is 0 Å². The smallest absolute Gasteiger partial charge is 0.338 e. The zero-order valence-corrected chi connectivity index (χ0v) is 16.0. The van der Waals surface area contributed by atoms with E-state index in [1.54, 1.807) is 31.4 Å². The number of rotatable bonds is 9. The zero-order chi connectivity index (χ0) is 20.4. The highest BCUT2D eigenvalue weighted by atomic mass is 16.5. The van der Waals surface area contributed by atoms with Crippen LogP contribution < -0.4 is 15.4 Å². The number of carbonyl (C=O) groups is 3. The van der Waals surface area contributed by atoms with Crippen molar-refractivity contribution in [2.75, 3.05) is 20.3 Å². The molecular weight excluding hydrogens is 360 g/mol. The predicted octanol–water partition coefficient (Wildman–Crippen LogP) is 1.85. The van der Waals surface area contributed by atoms with Gasteiger partial charge < -0.3 is 20.1 Å². The van der Waals surface area contributed by atoms with Crippen LogP contribution in [0.25, 0.3) is 0 Å². The van der Waals surface area contributed by atoms with E-state index in [0.29, 0.717) is 25.1 Å². The number of methoxy groups -OCH3 is 1. The third-order valence-electron chi connectivity index (χ3n) is 3.97. The Morgan fingerprint density at radius 2 is 1.68 bits per heavy atom. The SMILES string of the molecule is COc1ccccc1CCNC(=O)COC(=O)c1ccc(CNC(C)=O)cc1. The molecule has 7 nitrogen and oxygen atoms in total. The van der Waals surface area contributed by atoms with Crippen LogP contribution in [0.2, 0.25) is 0 Å². The average Bonchev–Trinajstić information content (AvgIpc) is 2.71. The van der Waals surface area contributed by atoms with Crippen LogP contribution in [-0.2, 0) is 27.3 Å². The molecule has 148 valence electrons. The molecule has 0 aliphatic heterocycles. The first-order valence-corrected chi connectivity index (χ1v) is 8.88. The molecule has 0 aromatic heterocycles. The van der Waals surface area contributed by atoms with Gasteiger partial charge in [0.2, 0.25) is 5.91 Å². The van der Waals surface area contributed by atoms with E-state index in [0.717, 1.165) is 16.9 Å². The maximum Gasteiger partial charge on any atom is 0.338 e. The number of carbonyl (C=O) groups excluding carboxylic acids is 3. The van der Waals surface area contributed by atoms with Crippen molar-refractivity contribution < 1.29 is 23.9 Å². The summed E-state index contributed by atoms with van der Waals surface area (Å²) in [6, 6.07) is 14.2. The minimum absolute atomic E-state index is 0.125. The molecule has 0 spiro atoms. The second-order valence-corrected chi connectivity index (χ2v) is 6.09. The summed E-state index contributed by atoms with van der Waals surface area (Å²) in [5.74, 6) is -0.304. The van der Waals surface area contributed by atoms with Gasteiger partial charge in [0.05, 0.1) is 12.7 Å². The third kappa shape index (κ3) is 6.75. The number of benzene rings is 2. The quantitative estimate of drug-likeness (QED) is 0.644. The van der Waals surface area contributed by atoms with Crippen LogP contribution in [-0.4, -0.2) is 38.0 Å².